The zero-order valence-electron chi connectivity index (χ0n) is 18.9. The Morgan fingerprint density at radius 2 is 1.52 bits per heavy atom. The molecule has 0 aliphatic carbocycles. The van der Waals surface area contributed by atoms with Gasteiger partial charge in [0, 0.05) is 5.70 Å². The largest absolute Gasteiger partial charge is 0.265 e. The summed E-state index contributed by atoms with van der Waals surface area (Å²) in [4.78, 5) is 0.428. The second-order valence-corrected chi connectivity index (χ2v) is 12.8. The summed E-state index contributed by atoms with van der Waals surface area (Å²) in [6.07, 6.45) is 11.0. The van der Waals surface area contributed by atoms with Crippen LogP contribution in [-0.4, -0.2) is 32.4 Å². The smallest absolute Gasteiger partial charge is 0.264 e. The number of sulfonamides is 1. The van der Waals surface area contributed by atoms with E-state index in [0.29, 0.717) is 25.0 Å². The van der Waals surface area contributed by atoms with E-state index in [1.165, 1.54) is 4.31 Å². The van der Waals surface area contributed by atoms with Crippen LogP contribution in [0.3, 0.4) is 0 Å². The summed E-state index contributed by atoms with van der Waals surface area (Å²) in [7, 11) is -7.67. The van der Waals surface area contributed by atoms with E-state index in [1.807, 2.05) is 19.1 Å². The second kappa shape index (κ2) is 9.85. The van der Waals surface area contributed by atoms with Crippen LogP contribution in [0.25, 0.3) is 0 Å². The van der Waals surface area contributed by atoms with Gasteiger partial charge in [-0.05, 0) is 63.3 Å². The van der Waals surface area contributed by atoms with Crippen LogP contribution >= 0.6 is 0 Å². The summed E-state index contributed by atoms with van der Waals surface area (Å²) in [5.74, 6) is 0. The maximum Gasteiger partial charge on any atom is 0.264 e. The van der Waals surface area contributed by atoms with Gasteiger partial charge in [-0.1, -0.05) is 67.0 Å². The van der Waals surface area contributed by atoms with Crippen molar-refractivity contribution in [3.8, 4) is 0 Å². The van der Waals surface area contributed by atoms with Crippen molar-refractivity contribution in [2.75, 3.05) is 0 Å². The van der Waals surface area contributed by atoms with Crippen LogP contribution in [-0.2, 0) is 19.9 Å². The molecule has 0 saturated carbocycles. The lowest BCUT2D eigenvalue weighted by molar-refractivity contribution is 0.391. The van der Waals surface area contributed by atoms with Crippen molar-refractivity contribution < 1.29 is 16.8 Å². The molecule has 0 fully saturated rings. The van der Waals surface area contributed by atoms with E-state index in [1.54, 1.807) is 54.6 Å². The van der Waals surface area contributed by atoms with Crippen molar-refractivity contribution in [2.24, 2.45) is 0 Å². The molecule has 0 amide bonds. The molecular formula is C26H31NO4S2. The van der Waals surface area contributed by atoms with E-state index in [2.05, 4.69) is 6.08 Å². The molecule has 0 unspecified atom stereocenters. The molecular weight excluding hydrogens is 454 g/mol. The Kier molecular flexibility index (Phi) is 7.10. The number of nitrogens with zero attached hydrogens (tertiary/aromatic N) is 1. The van der Waals surface area contributed by atoms with Crippen LogP contribution in [0.1, 0.15) is 50.5 Å². The molecule has 2 aromatic carbocycles. The highest BCUT2D eigenvalue weighted by molar-refractivity contribution is 7.92. The molecule has 2 aromatic rings. The minimum absolute atomic E-state index is 0.192. The first-order valence-electron chi connectivity index (χ1n) is 11.6. The Labute approximate surface area is 197 Å². The summed E-state index contributed by atoms with van der Waals surface area (Å²) < 4.78 is 56.7. The fraction of sp³-hybridized carbons (Fsp3) is 0.385. The van der Waals surface area contributed by atoms with Crippen molar-refractivity contribution in [3.63, 3.8) is 0 Å². The molecule has 0 radical (unpaired) electrons. The summed E-state index contributed by atoms with van der Waals surface area (Å²) in [6, 6.07) is 14.8. The molecule has 0 aromatic heterocycles. The third-order valence-corrected chi connectivity index (χ3v) is 10.5. The Morgan fingerprint density at radius 3 is 2.24 bits per heavy atom. The molecule has 2 aliphatic rings. The lowest BCUT2D eigenvalue weighted by Crippen LogP contribution is -2.41. The topological polar surface area (TPSA) is 71.5 Å². The zero-order valence-corrected chi connectivity index (χ0v) is 20.6. The van der Waals surface area contributed by atoms with E-state index in [9.17, 15) is 16.8 Å². The first-order valence-corrected chi connectivity index (χ1v) is 14.6. The van der Waals surface area contributed by atoms with Gasteiger partial charge < -0.3 is 0 Å². The number of hydrogen-bond donors (Lipinski definition) is 0. The molecule has 4 rings (SSSR count). The number of fused-ring (bicyclic) bond motifs is 2. The van der Waals surface area contributed by atoms with E-state index < -0.39 is 25.1 Å². The van der Waals surface area contributed by atoms with E-state index in [-0.39, 0.29) is 15.8 Å². The SMILES string of the molecule is Cc1ccc(S(=O)(=O)N2C3=CC[C@@H]2C/C=C/CCCCC[C@@H]3S(=O)(=O)c2ccccc2)cc1. The highest BCUT2D eigenvalue weighted by Gasteiger charge is 2.43. The molecule has 33 heavy (non-hydrogen) atoms. The third kappa shape index (κ3) is 4.94. The highest BCUT2D eigenvalue weighted by Crippen LogP contribution is 2.39. The van der Waals surface area contributed by atoms with Crippen LogP contribution in [0.5, 0.6) is 0 Å². The van der Waals surface area contributed by atoms with Crippen molar-refractivity contribution in [1.82, 2.24) is 4.31 Å². The molecule has 0 spiro atoms. The number of hydrogen-bond acceptors (Lipinski definition) is 4. The lowest BCUT2D eigenvalue weighted by atomic mass is 10.1. The van der Waals surface area contributed by atoms with Crippen LogP contribution in [0, 0.1) is 6.92 Å². The van der Waals surface area contributed by atoms with Gasteiger partial charge in [-0.3, -0.25) is 4.31 Å². The fourth-order valence-electron chi connectivity index (χ4n) is 4.65. The predicted octanol–water partition coefficient (Wildman–Crippen LogP) is 5.39. The zero-order chi connectivity index (χ0) is 23.5. The van der Waals surface area contributed by atoms with E-state index >= 15 is 0 Å². The molecule has 7 heteroatoms. The normalized spacial score (nSPS) is 23.3. The molecule has 0 N–H and O–H groups in total. The average Bonchev–Trinajstić information content (AvgIpc) is 3.22. The number of rotatable bonds is 4. The maximum absolute atomic E-state index is 13.9. The maximum atomic E-state index is 13.9. The van der Waals surface area contributed by atoms with Crippen LogP contribution in [0.2, 0.25) is 0 Å². The average molecular weight is 486 g/mol. The van der Waals surface area contributed by atoms with Gasteiger partial charge in [0.15, 0.2) is 9.84 Å². The van der Waals surface area contributed by atoms with Gasteiger partial charge >= 0.3 is 0 Å². The minimum Gasteiger partial charge on any atom is -0.265 e. The first-order chi connectivity index (χ1) is 15.8. The van der Waals surface area contributed by atoms with Crippen LogP contribution < -0.4 is 0 Å². The van der Waals surface area contributed by atoms with Crippen molar-refractivity contribution in [3.05, 3.63) is 84.1 Å². The predicted molar refractivity (Wildman–Crippen MR) is 131 cm³/mol. The van der Waals surface area contributed by atoms with Gasteiger partial charge in [-0.2, -0.15) is 0 Å². The van der Waals surface area contributed by atoms with Gasteiger partial charge in [0.1, 0.15) is 5.25 Å². The Hall–Kier alpha value is -2.38. The number of aryl methyl sites for hydroxylation is 1. The Morgan fingerprint density at radius 1 is 0.788 bits per heavy atom. The monoisotopic (exact) mass is 485 g/mol. The standard InChI is InChI=1S/C26H31NO4S2/c1-21-15-18-24(19-16-21)33(30,31)27-22-11-7-4-2-3-5-10-14-26(25(27)20-17-22)32(28,29)23-12-8-6-9-13-23/h4,6-9,12-13,15-16,18-20,22,26H,2-3,5,10-11,14,17H2,1H3/b7-4+/t22-,26-/m0/s1. The Balaban J connectivity index is 1.82. The molecule has 0 saturated heterocycles. The second-order valence-electron chi connectivity index (χ2n) is 8.82. The molecule has 2 atom stereocenters. The van der Waals surface area contributed by atoms with Gasteiger partial charge in [0.25, 0.3) is 10.0 Å². The van der Waals surface area contributed by atoms with Crippen LogP contribution in [0.15, 0.2) is 88.3 Å². The summed E-state index contributed by atoms with van der Waals surface area (Å²) in [6.45, 7) is 1.91. The van der Waals surface area contributed by atoms with Gasteiger partial charge in [0.2, 0.25) is 0 Å². The first kappa shape index (κ1) is 23.8. The number of sulfone groups is 1. The molecule has 5 nitrogen and oxygen atoms in total. The molecule has 176 valence electrons. The summed E-state index contributed by atoms with van der Waals surface area (Å²) in [5, 5.41) is -0.895. The van der Waals surface area contributed by atoms with E-state index in [0.717, 1.165) is 31.2 Å². The highest BCUT2D eigenvalue weighted by atomic mass is 32.2. The molecule has 2 aliphatic heterocycles. The third-order valence-electron chi connectivity index (χ3n) is 6.45. The summed E-state index contributed by atoms with van der Waals surface area (Å²) >= 11 is 0. The van der Waals surface area contributed by atoms with Crippen molar-refractivity contribution in [2.45, 2.75) is 73.0 Å². The fourth-order valence-corrected chi connectivity index (χ4v) is 8.34. The summed E-state index contributed by atoms with van der Waals surface area (Å²) in [5.41, 5.74) is 1.37. The Bertz CT molecular complexity index is 1230. The number of benzene rings is 2. The molecule has 2 heterocycles. The van der Waals surface area contributed by atoms with Gasteiger partial charge in [0.05, 0.1) is 15.8 Å². The van der Waals surface area contributed by atoms with Crippen molar-refractivity contribution in [1.29, 1.82) is 0 Å². The van der Waals surface area contributed by atoms with Crippen LogP contribution in [0.4, 0.5) is 0 Å². The lowest BCUT2D eigenvalue weighted by Gasteiger charge is -2.33. The van der Waals surface area contributed by atoms with Crippen molar-refractivity contribution >= 4 is 19.9 Å². The molecule has 2 bridgehead atoms. The minimum atomic E-state index is -3.91. The number of allylic oxidation sites excluding steroid dienone is 1. The van der Waals surface area contributed by atoms with Gasteiger partial charge in [-0.15, -0.1) is 0 Å². The van der Waals surface area contributed by atoms with E-state index in [4.69, 9.17) is 0 Å². The van der Waals surface area contributed by atoms with Gasteiger partial charge in [-0.25, -0.2) is 16.8 Å². The quantitative estimate of drug-likeness (QED) is 0.544.